The van der Waals surface area contributed by atoms with Crippen molar-refractivity contribution in [1.82, 2.24) is 15.3 Å². The lowest BCUT2D eigenvalue weighted by Crippen LogP contribution is -2.40. The van der Waals surface area contributed by atoms with Gasteiger partial charge in [0.2, 0.25) is 5.91 Å². The van der Waals surface area contributed by atoms with Gasteiger partial charge in [-0.1, -0.05) is 31.2 Å². The fourth-order valence-electron chi connectivity index (χ4n) is 2.21. The van der Waals surface area contributed by atoms with Crippen LogP contribution in [0.3, 0.4) is 0 Å². The molecule has 1 aromatic carbocycles. The molecule has 0 saturated carbocycles. The van der Waals surface area contributed by atoms with Gasteiger partial charge in [0.1, 0.15) is 6.07 Å². The molecule has 1 aromatic heterocycles. The second kappa shape index (κ2) is 7.01. The van der Waals surface area contributed by atoms with Crippen LogP contribution in [0.1, 0.15) is 38.4 Å². The maximum Gasteiger partial charge on any atom is 0.230 e. The summed E-state index contributed by atoms with van der Waals surface area (Å²) in [7, 11) is 0. The van der Waals surface area contributed by atoms with Crippen LogP contribution in [0, 0.1) is 11.3 Å². The molecule has 0 unspecified atom stereocenters. The molecule has 2 rings (SSSR count). The number of hydrogen-bond donors (Lipinski definition) is 1. The third-order valence-electron chi connectivity index (χ3n) is 3.75. The summed E-state index contributed by atoms with van der Waals surface area (Å²) in [5.74, 6) is 0.0124. The summed E-state index contributed by atoms with van der Waals surface area (Å²) in [5, 5.41) is 11.8. The van der Waals surface area contributed by atoms with E-state index in [1.807, 2.05) is 51.1 Å². The molecule has 0 radical (unpaired) electrons. The van der Waals surface area contributed by atoms with Crippen LogP contribution < -0.4 is 5.32 Å². The molecule has 0 aliphatic rings. The Morgan fingerprint density at radius 3 is 2.57 bits per heavy atom. The maximum absolute atomic E-state index is 12.3. The third kappa shape index (κ3) is 3.72. The van der Waals surface area contributed by atoms with Crippen LogP contribution in [0.4, 0.5) is 0 Å². The maximum atomic E-state index is 12.3. The fourth-order valence-corrected chi connectivity index (χ4v) is 2.21. The zero-order chi connectivity index (χ0) is 16.9. The predicted octanol–water partition coefficient (Wildman–Crippen LogP) is 2.82. The van der Waals surface area contributed by atoms with Gasteiger partial charge in [-0.15, -0.1) is 0 Å². The highest BCUT2D eigenvalue weighted by Crippen LogP contribution is 2.26. The van der Waals surface area contributed by atoms with E-state index in [0.29, 0.717) is 12.2 Å². The average Bonchev–Trinajstić information content (AvgIpc) is 2.59. The summed E-state index contributed by atoms with van der Waals surface area (Å²) >= 11 is 0. The Labute approximate surface area is 136 Å². The van der Waals surface area contributed by atoms with Crippen molar-refractivity contribution in [3.05, 3.63) is 47.9 Å². The number of rotatable bonds is 5. The van der Waals surface area contributed by atoms with Gasteiger partial charge in [-0.25, -0.2) is 4.98 Å². The number of hydrogen-bond acceptors (Lipinski definition) is 4. The van der Waals surface area contributed by atoms with E-state index in [9.17, 15) is 4.79 Å². The van der Waals surface area contributed by atoms with Crippen molar-refractivity contribution in [3.63, 3.8) is 0 Å². The normalized spacial score (nSPS) is 10.9. The molecule has 0 fully saturated rings. The summed E-state index contributed by atoms with van der Waals surface area (Å²) in [4.78, 5) is 20.5. The summed E-state index contributed by atoms with van der Waals surface area (Å²) in [5.41, 5.74) is 2.12. The number of nitrogens with one attached hydrogen (secondary N) is 1. The van der Waals surface area contributed by atoms with E-state index >= 15 is 0 Å². The molecule has 23 heavy (non-hydrogen) atoms. The Morgan fingerprint density at radius 2 is 1.96 bits per heavy atom. The first-order chi connectivity index (χ1) is 11.0. The van der Waals surface area contributed by atoms with E-state index < -0.39 is 5.41 Å². The SMILES string of the molecule is CCCNC(=O)C(C)(C)c1ccc(-c2cncc(C#N)n2)cc1. The Bertz CT molecular complexity index is 729. The van der Waals surface area contributed by atoms with Crippen molar-refractivity contribution < 1.29 is 4.79 Å². The summed E-state index contributed by atoms with van der Waals surface area (Å²) in [6.45, 7) is 6.52. The minimum Gasteiger partial charge on any atom is -0.355 e. The highest BCUT2D eigenvalue weighted by molar-refractivity contribution is 5.87. The molecule has 1 N–H and O–H groups in total. The third-order valence-corrected chi connectivity index (χ3v) is 3.75. The summed E-state index contributed by atoms with van der Waals surface area (Å²) in [6, 6.07) is 9.61. The Morgan fingerprint density at radius 1 is 1.26 bits per heavy atom. The molecule has 2 aromatic rings. The van der Waals surface area contributed by atoms with Gasteiger partial charge >= 0.3 is 0 Å². The van der Waals surface area contributed by atoms with E-state index in [1.165, 1.54) is 6.20 Å². The van der Waals surface area contributed by atoms with Crippen LogP contribution in [0.25, 0.3) is 11.3 Å². The van der Waals surface area contributed by atoms with E-state index in [1.54, 1.807) is 6.20 Å². The summed E-state index contributed by atoms with van der Waals surface area (Å²) < 4.78 is 0. The van der Waals surface area contributed by atoms with Crippen LogP contribution in [0.2, 0.25) is 0 Å². The van der Waals surface area contributed by atoms with Gasteiger partial charge in [0.25, 0.3) is 0 Å². The van der Waals surface area contributed by atoms with E-state index in [0.717, 1.165) is 17.5 Å². The smallest absolute Gasteiger partial charge is 0.230 e. The largest absolute Gasteiger partial charge is 0.355 e. The first kappa shape index (κ1) is 16.6. The van der Waals surface area contributed by atoms with Crippen molar-refractivity contribution in [1.29, 1.82) is 5.26 Å². The van der Waals surface area contributed by atoms with Crippen molar-refractivity contribution in [2.75, 3.05) is 6.54 Å². The number of nitrogens with zero attached hydrogens (tertiary/aromatic N) is 3. The molecule has 1 amide bonds. The van der Waals surface area contributed by atoms with Crippen LogP contribution in [0.15, 0.2) is 36.7 Å². The Balaban J connectivity index is 2.25. The molecule has 118 valence electrons. The van der Waals surface area contributed by atoms with Crippen LogP contribution in [0.5, 0.6) is 0 Å². The van der Waals surface area contributed by atoms with Gasteiger partial charge in [0.15, 0.2) is 5.69 Å². The topological polar surface area (TPSA) is 78.7 Å². The average molecular weight is 308 g/mol. The first-order valence-corrected chi connectivity index (χ1v) is 7.60. The molecule has 0 saturated heterocycles. The zero-order valence-corrected chi connectivity index (χ0v) is 13.6. The summed E-state index contributed by atoms with van der Waals surface area (Å²) in [6.07, 6.45) is 3.96. The van der Waals surface area contributed by atoms with Gasteiger partial charge < -0.3 is 5.32 Å². The fraction of sp³-hybridized carbons (Fsp3) is 0.333. The highest BCUT2D eigenvalue weighted by atomic mass is 16.2. The number of amides is 1. The molecule has 0 aliphatic heterocycles. The molecule has 5 heteroatoms. The number of carbonyl (C=O) groups is 1. The van der Waals surface area contributed by atoms with Gasteiger partial charge in [-0.05, 0) is 25.8 Å². The second-order valence-corrected chi connectivity index (χ2v) is 5.86. The van der Waals surface area contributed by atoms with Crippen molar-refractivity contribution >= 4 is 5.91 Å². The van der Waals surface area contributed by atoms with Crippen molar-refractivity contribution in [2.45, 2.75) is 32.6 Å². The molecule has 0 aliphatic carbocycles. The molecule has 1 heterocycles. The lowest BCUT2D eigenvalue weighted by molar-refractivity contribution is -0.125. The number of nitriles is 1. The minimum absolute atomic E-state index is 0.0124. The monoisotopic (exact) mass is 308 g/mol. The zero-order valence-electron chi connectivity index (χ0n) is 13.6. The van der Waals surface area contributed by atoms with Crippen LogP contribution >= 0.6 is 0 Å². The number of aromatic nitrogens is 2. The number of carbonyl (C=O) groups excluding carboxylic acids is 1. The van der Waals surface area contributed by atoms with Gasteiger partial charge in [0.05, 0.1) is 23.5 Å². The highest BCUT2D eigenvalue weighted by Gasteiger charge is 2.29. The predicted molar refractivity (Wildman–Crippen MR) is 88.5 cm³/mol. The lowest BCUT2D eigenvalue weighted by Gasteiger charge is -2.24. The van der Waals surface area contributed by atoms with Gasteiger partial charge in [-0.3, -0.25) is 9.78 Å². The molecular weight excluding hydrogens is 288 g/mol. The van der Waals surface area contributed by atoms with Crippen LogP contribution in [-0.4, -0.2) is 22.4 Å². The quantitative estimate of drug-likeness (QED) is 0.921. The van der Waals surface area contributed by atoms with Crippen molar-refractivity contribution in [2.24, 2.45) is 0 Å². The first-order valence-electron chi connectivity index (χ1n) is 7.60. The van der Waals surface area contributed by atoms with E-state index in [4.69, 9.17) is 5.26 Å². The van der Waals surface area contributed by atoms with Gasteiger partial charge in [-0.2, -0.15) is 5.26 Å². The Kier molecular flexibility index (Phi) is 5.07. The van der Waals surface area contributed by atoms with Gasteiger partial charge in [0, 0.05) is 12.1 Å². The lowest BCUT2D eigenvalue weighted by atomic mass is 9.83. The minimum atomic E-state index is -0.603. The second-order valence-electron chi connectivity index (χ2n) is 5.86. The Hall–Kier alpha value is -2.74. The standard InChI is InChI=1S/C18H20N4O/c1-4-9-21-17(23)18(2,3)14-7-5-13(6-8-14)16-12-20-11-15(10-19)22-16/h5-8,11-12H,4,9H2,1-3H3,(H,21,23). The molecule has 0 bridgehead atoms. The molecular formula is C18H20N4O. The number of benzene rings is 1. The van der Waals surface area contributed by atoms with E-state index in [2.05, 4.69) is 15.3 Å². The van der Waals surface area contributed by atoms with E-state index in [-0.39, 0.29) is 11.6 Å². The van der Waals surface area contributed by atoms with Crippen LogP contribution in [-0.2, 0) is 10.2 Å². The molecule has 0 atom stereocenters. The molecule has 0 spiro atoms. The molecule has 5 nitrogen and oxygen atoms in total. The van der Waals surface area contributed by atoms with Crippen molar-refractivity contribution in [3.8, 4) is 17.3 Å².